The molecule has 0 spiro atoms. The van der Waals surface area contributed by atoms with E-state index < -0.39 is 5.97 Å². The van der Waals surface area contributed by atoms with Crippen LogP contribution in [-0.4, -0.2) is 51.5 Å². The van der Waals surface area contributed by atoms with Gasteiger partial charge in [-0.1, -0.05) is 23.7 Å². The van der Waals surface area contributed by atoms with Gasteiger partial charge in [0.2, 0.25) is 5.91 Å². The summed E-state index contributed by atoms with van der Waals surface area (Å²) in [4.78, 5) is 33.0. The molecule has 1 aliphatic heterocycles. The average Bonchev–Trinajstić information content (AvgIpc) is 3.02. The number of hydrogen-bond donors (Lipinski definition) is 3. The number of aromatic carboxylic acids is 1. The third-order valence-electron chi connectivity index (χ3n) is 4.79. The van der Waals surface area contributed by atoms with Gasteiger partial charge in [-0.15, -0.1) is 0 Å². The van der Waals surface area contributed by atoms with Gasteiger partial charge in [0, 0.05) is 23.7 Å². The van der Waals surface area contributed by atoms with Gasteiger partial charge in [-0.2, -0.15) is 0 Å². The van der Waals surface area contributed by atoms with Crippen LogP contribution in [0.2, 0.25) is 5.02 Å². The van der Waals surface area contributed by atoms with Crippen LogP contribution in [-0.2, 0) is 11.3 Å². The molecule has 1 aromatic heterocycles. The van der Waals surface area contributed by atoms with Crippen molar-refractivity contribution in [2.45, 2.75) is 13.5 Å². The molecule has 8 heteroatoms. The number of fused-ring (bicyclic) bond motifs is 1. The second kappa shape index (κ2) is 7.26. The van der Waals surface area contributed by atoms with Gasteiger partial charge < -0.3 is 15.4 Å². The fourth-order valence-electron chi connectivity index (χ4n) is 3.45. The normalized spacial score (nSPS) is 15.0. The number of benzene rings is 2. The van der Waals surface area contributed by atoms with Crippen molar-refractivity contribution in [2.75, 3.05) is 19.6 Å². The van der Waals surface area contributed by atoms with Crippen molar-refractivity contribution in [3.05, 3.63) is 52.3 Å². The number of rotatable bonds is 4. The lowest BCUT2D eigenvalue weighted by Gasteiger charge is -2.25. The Labute approximate surface area is 166 Å². The maximum Gasteiger partial charge on any atom is 0.337 e. The molecule has 7 nitrogen and oxygen atoms in total. The first-order valence-electron chi connectivity index (χ1n) is 8.92. The van der Waals surface area contributed by atoms with Gasteiger partial charge in [0.1, 0.15) is 11.3 Å². The topological polar surface area (TPSA) is 98.3 Å². The zero-order valence-corrected chi connectivity index (χ0v) is 16.0. The Kier molecular flexibility index (Phi) is 4.78. The molecule has 0 radical (unpaired) electrons. The number of halogens is 1. The van der Waals surface area contributed by atoms with Gasteiger partial charge >= 0.3 is 5.97 Å². The molecule has 144 valence electrons. The van der Waals surface area contributed by atoms with Gasteiger partial charge in [0.05, 0.1) is 24.2 Å². The summed E-state index contributed by atoms with van der Waals surface area (Å²) in [6, 6.07) is 9.12. The zero-order chi connectivity index (χ0) is 19.8. The van der Waals surface area contributed by atoms with Gasteiger partial charge in [0.15, 0.2) is 0 Å². The van der Waals surface area contributed by atoms with Crippen LogP contribution in [0.4, 0.5) is 0 Å². The van der Waals surface area contributed by atoms with E-state index in [2.05, 4.69) is 15.3 Å². The number of aromatic nitrogens is 2. The molecule has 3 aromatic rings. The van der Waals surface area contributed by atoms with E-state index in [1.54, 1.807) is 6.07 Å². The Bertz CT molecular complexity index is 1090. The number of carbonyl (C=O) groups is 2. The number of piperazine rings is 1. The molecular formula is C20H19ClN4O3. The van der Waals surface area contributed by atoms with E-state index in [9.17, 15) is 14.7 Å². The zero-order valence-electron chi connectivity index (χ0n) is 15.3. The molecule has 28 heavy (non-hydrogen) atoms. The minimum atomic E-state index is -1.05. The summed E-state index contributed by atoms with van der Waals surface area (Å²) in [5.74, 6) is -0.449. The van der Waals surface area contributed by atoms with Gasteiger partial charge in [-0.25, -0.2) is 9.78 Å². The van der Waals surface area contributed by atoms with Gasteiger partial charge in [-0.3, -0.25) is 9.69 Å². The highest BCUT2D eigenvalue weighted by atomic mass is 35.5. The predicted molar refractivity (Wildman–Crippen MR) is 107 cm³/mol. The number of nitrogens with one attached hydrogen (secondary N) is 2. The Balaban J connectivity index is 1.75. The number of aryl methyl sites for hydroxylation is 1. The van der Waals surface area contributed by atoms with Crippen LogP contribution in [0.5, 0.6) is 0 Å². The number of carboxylic acids is 1. The van der Waals surface area contributed by atoms with Crippen molar-refractivity contribution in [2.24, 2.45) is 0 Å². The number of hydrogen-bond acceptors (Lipinski definition) is 4. The Morgan fingerprint density at radius 2 is 2.14 bits per heavy atom. The van der Waals surface area contributed by atoms with Gasteiger partial charge in [0.25, 0.3) is 0 Å². The van der Waals surface area contributed by atoms with Crippen LogP contribution in [0, 0.1) is 6.92 Å². The van der Waals surface area contributed by atoms with Crippen molar-refractivity contribution >= 4 is 34.5 Å². The molecule has 1 fully saturated rings. The van der Waals surface area contributed by atoms with Crippen molar-refractivity contribution in [1.29, 1.82) is 0 Å². The minimum absolute atomic E-state index is 0.0233. The maximum atomic E-state index is 11.8. The van der Waals surface area contributed by atoms with E-state index in [1.165, 1.54) is 0 Å². The van der Waals surface area contributed by atoms with E-state index in [0.29, 0.717) is 47.1 Å². The van der Waals surface area contributed by atoms with E-state index in [4.69, 9.17) is 11.6 Å². The summed E-state index contributed by atoms with van der Waals surface area (Å²) in [5, 5.41) is 13.0. The third kappa shape index (κ3) is 3.58. The van der Waals surface area contributed by atoms with Crippen LogP contribution >= 0.6 is 11.6 Å². The molecule has 1 amide bonds. The minimum Gasteiger partial charge on any atom is -0.478 e. The van der Waals surface area contributed by atoms with Crippen molar-refractivity contribution in [3.8, 4) is 11.1 Å². The SMILES string of the molecule is Cc1ccc(-c2cc(C(=O)O)c3nc(CN4CCNC(=O)C4)[nH]c3c2)c(Cl)c1. The number of carboxylic acid groups (broad SMARTS) is 1. The molecular weight excluding hydrogens is 380 g/mol. The van der Waals surface area contributed by atoms with Crippen LogP contribution < -0.4 is 5.32 Å². The van der Waals surface area contributed by atoms with Gasteiger partial charge in [-0.05, 0) is 36.2 Å². The Morgan fingerprint density at radius 3 is 2.86 bits per heavy atom. The smallest absolute Gasteiger partial charge is 0.337 e. The molecule has 2 aromatic carbocycles. The number of nitrogens with zero attached hydrogens (tertiary/aromatic N) is 2. The number of H-pyrrole nitrogens is 1. The highest BCUT2D eigenvalue weighted by Crippen LogP contribution is 2.32. The molecule has 0 unspecified atom stereocenters. The summed E-state index contributed by atoms with van der Waals surface area (Å²) in [6.07, 6.45) is 0. The summed E-state index contributed by atoms with van der Waals surface area (Å²) < 4.78 is 0. The standard InChI is InChI=1S/C20H19ClN4O3/c1-11-2-3-13(15(21)6-11)12-7-14(20(27)28)19-16(8-12)23-17(24-19)9-25-5-4-22-18(26)10-25/h2-3,6-8H,4-5,9-10H2,1H3,(H,22,26)(H,23,24)(H,27,28). The van der Waals surface area contributed by atoms with E-state index in [1.807, 2.05) is 36.1 Å². The Hall–Kier alpha value is -2.90. The molecule has 4 rings (SSSR count). The summed E-state index contributed by atoms with van der Waals surface area (Å²) in [5.41, 5.74) is 3.65. The predicted octanol–water partition coefficient (Wildman–Crippen LogP) is 2.82. The second-order valence-electron chi connectivity index (χ2n) is 6.95. The molecule has 3 N–H and O–H groups in total. The highest BCUT2D eigenvalue weighted by Gasteiger charge is 2.20. The summed E-state index contributed by atoms with van der Waals surface area (Å²) in [6.45, 7) is 4.01. The lowest BCUT2D eigenvalue weighted by atomic mass is 10.0. The first-order chi connectivity index (χ1) is 13.4. The molecule has 1 saturated heterocycles. The molecule has 0 bridgehead atoms. The fraction of sp³-hybridized carbons (Fsp3) is 0.250. The van der Waals surface area contributed by atoms with E-state index in [0.717, 1.165) is 17.7 Å². The molecule has 2 heterocycles. The first kappa shape index (κ1) is 18.5. The number of carbonyl (C=O) groups excluding carboxylic acids is 1. The summed E-state index contributed by atoms with van der Waals surface area (Å²) in [7, 11) is 0. The molecule has 0 aliphatic carbocycles. The van der Waals surface area contributed by atoms with E-state index >= 15 is 0 Å². The van der Waals surface area contributed by atoms with Crippen molar-refractivity contribution < 1.29 is 14.7 Å². The average molecular weight is 399 g/mol. The van der Waals surface area contributed by atoms with Crippen molar-refractivity contribution in [1.82, 2.24) is 20.2 Å². The van der Waals surface area contributed by atoms with E-state index in [-0.39, 0.29) is 11.5 Å². The molecule has 1 aliphatic rings. The number of imidazole rings is 1. The monoisotopic (exact) mass is 398 g/mol. The molecule has 0 saturated carbocycles. The largest absolute Gasteiger partial charge is 0.478 e. The Morgan fingerprint density at radius 1 is 1.32 bits per heavy atom. The quantitative estimate of drug-likeness (QED) is 0.627. The molecule has 0 atom stereocenters. The lowest BCUT2D eigenvalue weighted by molar-refractivity contribution is -0.124. The van der Waals surface area contributed by atoms with Crippen LogP contribution in [0.3, 0.4) is 0 Å². The van der Waals surface area contributed by atoms with Crippen molar-refractivity contribution in [3.63, 3.8) is 0 Å². The lowest BCUT2D eigenvalue weighted by Crippen LogP contribution is -2.47. The fourth-order valence-corrected chi connectivity index (χ4v) is 3.80. The van der Waals surface area contributed by atoms with Crippen LogP contribution in [0.15, 0.2) is 30.3 Å². The third-order valence-corrected chi connectivity index (χ3v) is 5.11. The summed E-state index contributed by atoms with van der Waals surface area (Å²) >= 11 is 6.38. The first-order valence-corrected chi connectivity index (χ1v) is 9.30. The highest BCUT2D eigenvalue weighted by molar-refractivity contribution is 6.33. The maximum absolute atomic E-state index is 11.8. The van der Waals surface area contributed by atoms with Crippen LogP contribution in [0.25, 0.3) is 22.2 Å². The van der Waals surface area contributed by atoms with Crippen LogP contribution in [0.1, 0.15) is 21.7 Å². The second-order valence-corrected chi connectivity index (χ2v) is 7.36. The number of amides is 1. The number of aromatic amines is 1.